The van der Waals surface area contributed by atoms with Crippen molar-refractivity contribution >= 4 is 44.0 Å². The highest BCUT2D eigenvalue weighted by atomic mass is 32.2. The normalized spacial score (nSPS) is 17.8. The number of thiazole rings is 1. The first-order valence-corrected chi connectivity index (χ1v) is 12.4. The van der Waals surface area contributed by atoms with E-state index in [0.29, 0.717) is 61.3 Å². The molecule has 4 rings (SSSR count). The van der Waals surface area contributed by atoms with Gasteiger partial charge in [-0.05, 0) is 31.0 Å². The first-order valence-electron chi connectivity index (χ1n) is 10.1. The van der Waals surface area contributed by atoms with Crippen LogP contribution in [0.15, 0.2) is 28.5 Å². The number of ether oxygens (including phenoxy) is 1. The summed E-state index contributed by atoms with van der Waals surface area (Å²) in [5, 5.41) is 5.14. The van der Waals surface area contributed by atoms with Gasteiger partial charge in [-0.2, -0.15) is 4.31 Å². The largest absolute Gasteiger partial charge is 0.379 e. The number of nitrogens with one attached hydrogen (secondary N) is 1. The number of sulfonamides is 1. The lowest BCUT2D eigenvalue weighted by Gasteiger charge is -2.26. The zero-order chi connectivity index (χ0) is 22.0. The molecule has 2 amide bonds. The fourth-order valence-electron chi connectivity index (χ4n) is 3.60. The lowest BCUT2D eigenvalue weighted by atomic mass is 10.2. The molecule has 2 saturated heterocycles. The van der Waals surface area contributed by atoms with Crippen molar-refractivity contribution in [1.29, 1.82) is 0 Å². The van der Waals surface area contributed by atoms with Crippen molar-refractivity contribution in [2.24, 2.45) is 0 Å². The Morgan fingerprint density at radius 1 is 1.26 bits per heavy atom. The number of aromatic nitrogens is 1. The van der Waals surface area contributed by atoms with Gasteiger partial charge in [0.05, 0.1) is 30.2 Å². The second kappa shape index (κ2) is 9.03. The van der Waals surface area contributed by atoms with E-state index in [0.717, 1.165) is 6.42 Å². The molecule has 2 aliphatic rings. The van der Waals surface area contributed by atoms with Crippen molar-refractivity contribution < 1.29 is 22.7 Å². The molecule has 2 fully saturated rings. The number of rotatable bonds is 6. The predicted octanol–water partition coefficient (Wildman–Crippen LogP) is 1.78. The van der Waals surface area contributed by atoms with Crippen molar-refractivity contribution in [2.75, 3.05) is 43.1 Å². The third kappa shape index (κ3) is 4.79. The van der Waals surface area contributed by atoms with Gasteiger partial charge in [0.1, 0.15) is 0 Å². The maximum absolute atomic E-state index is 13.0. The number of nitrogens with zero attached hydrogens (tertiary/aromatic N) is 3. The number of carbonyl (C=O) groups excluding carboxylic acids is 2. The third-order valence-electron chi connectivity index (χ3n) is 5.25. The molecule has 2 aromatic rings. The molecular weight excluding hydrogens is 440 g/mol. The van der Waals surface area contributed by atoms with Crippen LogP contribution in [0.3, 0.4) is 0 Å². The predicted molar refractivity (Wildman–Crippen MR) is 117 cm³/mol. The van der Waals surface area contributed by atoms with E-state index in [-0.39, 0.29) is 23.1 Å². The van der Waals surface area contributed by atoms with Gasteiger partial charge in [-0.1, -0.05) is 6.07 Å². The molecule has 1 aromatic carbocycles. The van der Waals surface area contributed by atoms with Crippen LogP contribution in [0, 0.1) is 6.92 Å². The van der Waals surface area contributed by atoms with Gasteiger partial charge in [-0.15, -0.1) is 11.3 Å². The molecule has 3 heterocycles. The molecule has 31 heavy (non-hydrogen) atoms. The van der Waals surface area contributed by atoms with Gasteiger partial charge < -0.3 is 10.1 Å². The fraction of sp³-hybridized carbons (Fsp3) is 0.450. The van der Waals surface area contributed by atoms with Crippen LogP contribution in [0.4, 0.5) is 10.8 Å². The minimum atomic E-state index is -3.67. The average Bonchev–Trinajstić information content (AvgIpc) is 3.38. The molecule has 0 unspecified atom stereocenters. The standard InChI is InChI=1S/C20H24N4O5S2/c1-14-4-5-15(11-17(14)31(27,28)23-7-9-29-10-8-23)21-18(25)12-16-13-30-20(22-16)24-6-2-3-19(24)26/h4-5,11,13H,2-3,6-10,12H2,1H3,(H,21,25). The number of morpholine rings is 1. The van der Waals surface area contributed by atoms with E-state index < -0.39 is 10.0 Å². The molecule has 0 bridgehead atoms. The summed E-state index contributed by atoms with van der Waals surface area (Å²) < 4.78 is 32.7. The summed E-state index contributed by atoms with van der Waals surface area (Å²) in [5.41, 5.74) is 1.60. The van der Waals surface area contributed by atoms with Crippen LogP contribution in [-0.2, 0) is 30.8 Å². The van der Waals surface area contributed by atoms with Crippen molar-refractivity contribution in [1.82, 2.24) is 9.29 Å². The second-order valence-electron chi connectivity index (χ2n) is 7.49. The molecule has 0 saturated carbocycles. The number of benzene rings is 1. The van der Waals surface area contributed by atoms with Crippen LogP contribution in [0.1, 0.15) is 24.1 Å². The molecule has 0 spiro atoms. The van der Waals surface area contributed by atoms with E-state index in [9.17, 15) is 18.0 Å². The highest BCUT2D eigenvalue weighted by Gasteiger charge is 2.28. The molecule has 166 valence electrons. The van der Waals surface area contributed by atoms with E-state index in [4.69, 9.17) is 4.74 Å². The van der Waals surface area contributed by atoms with Crippen LogP contribution in [0.2, 0.25) is 0 Å². The minimum absolute atomic E-state index is 0.0396. The maximum atomic E-state index is 13.0. The minimum Gasteiger partial charge on any atom is -0.379 e. The second-order valence-corrected chi connectivity index (χ2v) is 10.2. The van der Waals surface area contributed by atoms with Crippen LogP contribution in [0.5, 0.6) is 0 Å². The summed E-state index contributed by atoms with van der Waals surface area (Å²) in [7, 11) is -3.67. The Kier molecular flexibility index (Phi) is 6.37. The summed E-state index contributed by atoms with van der Waals surface area (Å²) in [6.45, 7) is 3.74. The van der Waals surface area contributed by atoms with Crippen molar-refractivity contribution in [3.8, 4) is 0 Å². The van der Waals surface area contributed by atoms with Crippen LogP contribution < -0.4 is 10.2 Å². The number of amides is 2. The summed E-state index contributed by atoms with van der Waals surface area (Å²) in [6.07, 6.45) is 1.38. The Labute approximate surface area is 185 Å². The lowest BCUT2D eigenvalue weighted by molar-refractivity contribution is -0.117. The third-order valence-corrected chi connectivity index (χ3v) is 8.20. The van der Waals surface area contributed by atoms with Gasteiger partial charge in [-0.25, -0.2) is 13.4 Å². The van der Waals surface area contributed by atoms with Crippen LogP contribution in [0.25, 0.3) is 0 Å². The van der Waals surface area contributed by atoms with Gasteiger partial charge in [0.25, 0.3) is 0 Å². The topological polar surface area (TPSA) is 109 Å². The van der Waals surface area contributed by atoms with E-state index in [2.05, 4.69) is 10.3 Å². The molecule has 0 aliphatic carbocycles. The molecule has 1 N–H and O–H groups in total. The zero-order valence-electron chi connectivity index (χ0n) is 17.2. The van der Waals surface area contributed by atoms with E-state index >= 15 is 0 Å². The first-order chi connectivity index (χ1) is 14.8. The van der Waals surface area contributed by atoms with Gasteiger partial charge in [0.15, 0.2) is 5.13 Å². The first kappa shape index (κ1) is 21.9. The summed E-state index contributed by atoms with van der Waals surface area (Å²) in [4.78, 5) is 30.6. The van der Waals surface area contributed by atoms with Gasteiger partial charge in [0.2, 0.25) is 21.8 Å². The van der Waals surface area contributed by atoms with E-state index in [1.807, 2.05) is 0 Å². The Morgan fingerprint density at radius 2 is 2.03 bits per heavy atom. The summed E-state index contributed by atoms with van der Waals surface area (Å²) >= 11 is 1.34. The van der Waals surface area contributed by atoms with Crippen molar-refractivity contribution in [2.45, 2.75) is 31.1 Å². The molecule has 9 nitrogen and oxygen atoms in total. The van der Waals surface area contributed by atoms with E-state index in [1.54, 1.807) is 29.3 Å². The highest BCUT2D eigenvalue weighted by molar-refractivity contribution is 7.89. The Balaban J connectivity index is 1.45. The number of aryl methyl sites for hydroxylation is 1. The Bertz CT molecular complexity index is 1090. The molecule has 0 atom stereocenters. The molecule has 11 heteroatoms. The van der Waals surface area contributed by atoms with Crippen molar-refractivity contribution in [3.05, 3.63) is 34.8 Å². The Hall–Kier alpha value is -2.34. The SMILES string of the molecule is Cc1ccc(NC(=O)Cc2csc(N3CCCC3=O)n2)cc1S(=O)(=O)N1CCOCC1. The Morgan fingerprint density at radius 3 is 2.74 bits per heavy atom. The quantitative estimate of drug-likeness (QED) is 0.698. The average molecular weight is 465 g/mol. The number of hydrogen-bond donors (Lipinski definition) is 1. The summed E-state index contributed by atoms with van der Waals surface area (Å²) in [5.74, 6) is -0.248. The monoisotopic (exact) mass is 464 g/mol. The number of anilines is 2. The van der Waals surface area contributed by atoms with Crippen LogP contribution in [-0.4, -0.2) is 62.4 Å². The smallest absolute Gasteiger partial charge is 0.243 e. The van der Waals surface area contributed by atoms with Gasteiger partial charge >= 0.3 is 0 Å². The fourth-order valence-corrected chi connectivity index (χ4v) is 6.13. The molecule has 1 aromatic heterocycles. The lowest BCUT2D eigenvalue weighted by Crippen LogP contribution is -2.40. The highest BCUT2D eigenvalue weighted by Crippen LogP contribution is 2.27. The number of carbonyl (C=O) groups is 2. The zero-order valence-corrected chi connectivity index (χ0v) is 18.8. The van der Waals surface area contributed by atoms with Crippen molar-refractivity contribution in [3.63, 3.8) is 0 Å². The van der Waals surface area contributed by atoms with Crippen LogP contribution >= 0.6 is 11.3 Å². The van der Waals surface area contributed by atoms with E-state index in [1.165, 1.54) is 21.7 Å². The van der Waals surface area contributed by atoms with Gasteiger partial charge in [0, 0.05) is 37.1 Å². The summed E-state index contributed by atoms with van der Waals surface area (Å²) in [6, 6.07) is 4.86. The molecular formula is C20H24N4O5S2. The number of hydrogen-bond acceptors (Lipinski definition) is 7. The molecule has 0 radical (unpaired) electrons. The molecule has 2 aliphatic heterocycles. The maximum Gasteiger partial charge on any atom is 0.243 e. The van der Waals surface area contributed by atoms with Gasteiger partial charge in [-0.3, -0.25) is 14.5 Å².